The van der Waals surface area contributed by atoms with Crippen LogP contribution in [-0.4, -0.2) is 24.6 Å². The molecule has 0 bridgehead atoms. The fourth-order valence-corrected chi connectivity index (χ4v) is 3.91. The highest BCUT2D eigenvalue weighted by Gasteiger charge is 2.28. The highest BCUT2D eigenvalue weighted by atomic mass is 32.2. The van der Waals surface area contributed by atoms with Gasteiger partial charge in [0, 0.05) is 35.8 Å². The third kappa shape index (κ3) is 3.39. The van der Waals surface area contributed by atoms with E-state index in [1.807, 2.05) is 42.1 Å². The lowest BCUT2D eigenvalue weighted by Crippen LogP contribution is -2.31. The normalized spacial score (nSPS) is 15.5. The summed E-state index contributed by atoms with van der Waals surface area (Å²) in [6.07, 6.45) is 6.69. The first kappa shape index (κ1) is 14.8. The third-order valence-corrected chi connectivity index (χ3v) is 5.17. The molecule has 1 fully saturated rings. The van der Waals surface area contributed by atoms with Gasteiger partial charge in [0.2, 0.25) is 10.0 Å². The number of nitrogens with one attached hydrogen (secondary N) is 1. The number of amides is 1. The first-order chi connectivity index (χ1) is 10.4. The predicted octanol–water partition coefficient (Wildman–Crippen LogP) is 2.05. The molecule has 1 aromatic carbocycles. The van der Waals surface area contributed by atoms with Gasteiger partial charge in [0.1, 0.15) is 0 Å². The van der Waals surface area contributed by atoms with E-state index in [9.17, 15) is 13.2 Å². The Morgan fingerprint density at radius 3 is 2.82 bits per heavy atom. The lowest BCUT2D eigenvalue weighted by Gasteiger charge is -2.02. The van der Waals surface area contributed by atoms with Crippen LogP contribution in [0.15, 0.2) is 36.5 Å². The van der Waals surface area contributed by atoms with Gasteiger partial charge < -0.3 is 4.57 Å². The molecule has 116 valence electrons. The SMILES string of the molecule is Cn1cc(/C=C/C(=O)NS(=O)(=O)CC2CC2)c2ccccc21. The quantitative estimate of drug-likeness (QED) is 0.858. The number of hydrogen-bond donors (Lipinski definition) is 1. The molecule has 22 heavy (non-hydrogen) atoms. The van der Waals surface area contributed by atoms with Gasteiger partial charge in [-0.2, -0.15) is 0 Å². The molecule has 1 heterocycles. The first-order valence-corrected chi connectivity index (χ1v) is 8.86. The smallest absolute Gasteiger partial charge is 0.257 e. The molecule has 1 amide bonds. The minimum Gasteiger partial charge on any atom is -0.350 e. The molecule has 5 nitrogen and oxygen atoms in total. The Morgan fingerprint density at radius 1 is 1.36 bits per heavy atom. The van der Waals surface area contributed by atoms with Gasteiger partial charge >= 0.3 is 0 Å². The van der Waals surface area contributed by atoms with E-state index in [1.54, 1.807) is 6.08 Å². The van der Waals surface area contributed by atoms with Crippen LogP contribution in [0.1, 0.15) is 18.4 Å². The van der Waals surface area contributed by atoms with Crippen molar-refractivity contribution in [3.05, 3.63) is 42.1 Å². The average molecular weight is 318 g/mol. The molecule has 0 spiro atoms. The number of nitrogens with zero attached hydrogens (tertiary/aromatic N) is 1. The van der Waals surface area contributed by atoms with Crippen molar-refractivity contribution in [1.82, 2.24) is 9.29 Å². The molecule has 0 atom stereocenters. The van der Waals surface area contributed by atoms with E-state index in [2.05, 4.69) is 4.72 Å². The number of aryl methyl sites for hydroxylation is 1. The Hall–Kier alpha value is -2.08. The van der Waals surface area contributed by atoms with Crippen LogP contribution < -0.4 is 4.72 Å². The van der Waals surface area contributed by atoms with Gasteiger partial charge in [0.25, 0.3) is 5.91 Å². The van der Waals surface area contributed by atoms with Crippen molar-refractivity contribution < 1.29 is 13.2 Å². The predicted molar refractivity (Wildman–Crippen MR) is 86.6 cm³/mol. The molecule has 2 aromatic rings. The van der Waals surface area contributed by atoms with Crippen LogP contribution in [0, 0.1) is 5.92 Å². The van der Waals surface area contributed by atoms with E-state index >= 15 is 0 Å². The van der Waals surface area contributed by atoms with Crippen molar-refractivity contribution in [1.29, 1.82) is 0 Å². The van der Waals surface area contributed by atoms with E-state index in [-0.39, 0.29) is 11.7 Å². The van der Waals surface area contributed by atoms with Crippen LogP contribution in [0.25, 0.3) is 17.0 Å². The number of aromatic nitrogens is 1. The van der Waals surface area contributed by atoms with Crippen molar-refractivity contribution in [2.45, 2.75) is 12.8 Å². The molecule has 0 unspecified atom stereocenters. The molecule has 1 saturated carbocycles. The molecule has 3 rings (SSSR count). The first-order valence-electron chi connectivity index (χ1n) is 7.21. The second kappa shape index (κ2) is 5.61. The van der Waals surface area contributed by atoms with E-state index in [1.165, 1.54) is 6.08 Å². The lowest BCUT2D eigenvalue weighted by molar-refractivity contribution is -0.114. The van der Waals surface area contributed by atoms with Gasteiger partial charge in [-0.3, -0.25) is 4.79 Å². The van der Waals surface area contributed by atoms with Gasteiger partial charge in [-0.1, -0.05) is 18.2 Å². The van der Waals surface area contributed by atoms with Crippen molar-refractivity contribution >= 4 is 32.9 Å². The second-order valence-corrected chi connectivity index (χ2v) is 7.50. The number of hydrogen-bond acceptors (Lipinski definition) is 3. The zero-order valence-corrected chi connectivity index (χ0v) is 13.1. The number of rotatable bonds is 5. The maximum atomic E-state index is 11.8. The highest BCUT2D eigenvalue weighted by Crippen LogP contribution is 2.29. The summed E-state index contributed by atoms with van der Waals surface area (Å²) in [5.41, 5.74) is 1.94. The van der Waals surface area contributed by atoms with Crippen LogP contribution in [0.3, 0.4) is 0 Å². The van der Waals surface area contributed by atoms with Gasteiger partial charge in [-0.05, 0) is 30.9 Å². The number of fused-ring (bicyclic) bond motifs is 1. The van der Waals surface area contributed by atoms with Crippen molar-refractivity contribution in [2.75, 3.05) is 5.75 Å². The van der Waals surface area contributed by atoms with Crippen molar-refractivity contribution in [3.8, 4) is 0 Å². The number of carbonyl (C=O) groups excluding carboxylic acids is 1. The zero-order chi connectivity index (χ0) is 15.7. The highest BCUT2D eigenvalue weighted by molar-refractivity contribution is 7.90. The molecular weight excluding hydrogens is 300 g/mol. The monoisotopic (exact) mass is 318 g/mol. The molecule has 1 aliphatic rings. The van der Waals surface area contributed by atoms with Gasteiger partial charge in [-0.15, -0.1) is 0 Å². The second-order valence-electron chi connectivity index (χ2n) is 5.74. The summed E-state index contributed by atoms with van der Waals surface area (Å²) in [6.45, 7) is 0. The number of benzene rings is 1. The summed E-state index contributed by atoms with van der Waals surface area (Å²) in [6, 6.07) is 7.84. The van der Waals surface area contributed by atoms with E-state index in [4.69, 9.17) is 0 Å². The third-order valence-electron chi connectivity index (χ3n) is 3.75. The summed E-state index contributed by atoms with van der Waals surface area (Å²) < 4.78 is 27.6. The van der Waals surface area contributed by atoms with Crippen LogP contribution >= 0.6 is 0 Å². The van der Waals surface area contributed by atoms with Crippen molar-refractivity contribution in [3.63, 3.8) is 0 Å². The number of para-hydroxylation sites is 1. The Morgan fingerprint density at radius 2 is 2.09 bits per heavy atom. The Labute approximate surface area is 129 Å². The van der Waals surface area contributed by atoms with E-state index < -0.39 is 15.9 Å². The van der Waals surface area contributed by atoms with E-state index in [0.717, 1.165) is 29.3 Å². The summed E-state index contributed by atoms with van der Waals surface area (Å²) in [4.78, 5) is 11.8. The molecule has 0 radical (unpaired) electrons. The topological polar surface area (TPSA) is 68.2 Å². The molecule has 0 aliphatic heterocycles. The number of sulfonamides is 1. The van der Waals surface area contributed by atoms with Crippen LogP contribution in [0.5, 0.6) is 0 Å². The Kier molecular flexibility index (Phi) is 3.78. The summed E-state index contributed by atoms with van der Waals surface area (Å²) in [5.74, 6) is -0.346. The average Bonchev–Trinajstić information content (AvgIpc) is 3.19. The lowest BCUT2D eigenvalue weighted by atomic mass is 10.1. The maximum absolute atomic E-state index is 11.8. The standard InChI is InChI=1S/C16H18N2O3S/c1-18-10-13(14-4-2-3-5-15(14)18)8-9-16(19)17-22(20,21)11-12-6-7-12/h2-5,8-10,12H,6-7,11H2,1H3,(H,17,19)/b9-8+. The number of carbonyl (C=O) groups is 1. The van der Waals surface area contributed by atoms with Crippen LogP contribution in [-0.2, 0) is 21.9 Å². The fraction of sp³-hybridized carbons (Fsp3) is 0.312. The maximum Gasteiger partial charge on any atom is 0.257 e. The van der Waals surface area contributed by atoms with Crippen LogP contribution in [0.2, 0.25) is 0 Å². The summed E-state index contributed by atoms with van der Waals surface area (Å²) in [5, 5.41) is 1.02. The van der Waals surface area contributed by atoms with Gasteiger partial charge in [-0.25, -0.2) is 13.1 Å². The molecule has 0 saturated heterocycles. The minimum atomic E-state index is -3.52. The minimum absolute atomic E-state index is 0.0425. The summed E-state index contributed by atoms with van der Waals surface area (Å²) >= 11 is 0. The molecule has 1 aliphatic carbocycles. The van der Waals surface area contributed by atoms with Crippen LogP contribution in [0.4, 0.5) is 0 Å². The fourth-order valence-electron chi connectivity index (χ4n) is 2.50. The largest absolute Gasteiger partial charge is 0.350 e. The van der Waals surface area contributed by atoms with Gasteiger partial charge in [0.05, 0.1) is 5.75 Å². The van der Waals surface area contributed by atoms with E-state index in [0.29, 0.717) is 0 Å². The molecule has 1 aromatic heterocycles. The van der Waals surface area contributed by atoms with Crippen molar-refractivity contribution in [2.24, 2.45) is 13.0 Å². The molecular formula is C16H18N2O3S. The Balaban J connectivity index is 1.73. The zero-order valence-electron chi connectivity index (χ0n) is 12.3. The Bertz CT molecular complexity index is 845. The summed E-state index contributed by atoms with van der Waals surface area (Å²) in [7, 11) is -1.58. The molecule has 1 N–H and O–H groups in total. The molecule has 6 heteroatoms. The van der Waals surface area contributed by atoms with Gasteiger partial charge in [0.15, 0.2) is 0 Å².